The van der Waals surface area contributed by atoms with E-state index in [1.165, 1.54) is 5.56 Å². The highest BCUT2D eigenvalue weighted by atomic mass is 16.5. The normalized spacial score (nSPS) is 12.1. The molecule has 0 N–H and O–H groups in total. The number of ether oxygens (including phenoxy) is 2. The number of rotatable bonds is 7. The SMILES string of the molecule is Cc1ccc(OCCn2c(C(C)Oc3ccccc3)nc3ccccc32)cc1. The molecule has 0 saturated carbocycles. The minimum absolute atomic E-state index is 0.172. The van der Waals surface area contributed by atoms with Gasteiger partial charge < -0.3 is 14.0 Å². The summed E-state index contributed by atoms with van der Waals surface area (Å²) in [5.41, 5.74) is 3.28. The third-order valence-electron chi connectivity index (χ3n) is 4.71. The van der Waals surface area contributed by atoms with Gasteiger partial charge in [0.2, 0.25) is 0 Å². The Hall–Kier alpha value is -3.27. The van der Waals surface area contributed by atoms with Crippen LogP contribution in [0.1, 0.15) is 24.4 Å². The molecule has 4 nitrogen and oxygen atoms in total. The molecule has 0 spiro atoms. The number of aromatic nitrogens is 2. The van der Waals surface area contributed by atoms with Gasteiger partial charge in [0.1, 0.15) is 18.1 Å². The monoisotopic (exact) mass is 372 g/mol. The second-order valence-corrected chi connectivity index (χ2v) is 6.85. The zero-order valence-corrected chi connectivity index (χ0v) is 16.2. The number of aryl methyl sites for hydroxylation is 1. The Labute approximate surface area is 165 Å². The third-order valence-corrected chi connectivity index (χ3v) is 4.71. The fraction of sp³-hybridized carbons (Fsp3) is 0.208. The molecule has 4 aromatic rings. The highest BCUT2D eigenvalue weighted by Gasteiger charge is 2.18. The van der Waals surface area contributed by atoms with Crippen LogP contribution in [0.25, 0.3) is 11.0 Å². The quantitative estimate of drug-likeness (QED) is 0.426. The molecule has 1 heterocycles. The predicted octanol–water partition coefficient (Wildman–Crippen LogP) is 5.56. The fourth-order valence-corrected chi connectivity index (χ4v) is 3.28. The number of hydrogen-bond acceptors (Lipinski definition) is 3. The summed E-state index contributed by atoms with van der Waals surface area (Å²) in [5.74, 6) is 2.62. The van der Waals surface area contributed by atoms with Crippen LogP contribution < -0.4 is 9.47 Å². The summed E-state index contributed by atoms with van der Waals surface area (Å²) in [4.78, 5) is 4.83. The van der Waals surface area contributed by atoms with E-state index >= 15 is 0 Å². The van der Waals surface area contributed by atoms with Crippen LogP contribution >= 0.6 is 0 Å². The lowest BCUT2D eigenvalue weighted by molar-refractivity contribution is 0.207. The van der Waals surface area contributed by atoms with Crippen molar-refractivity contribution in [2.45, 2.75) is 26.5 Å². The largest absolute Gasteiger partial charge is 0.492 e. The molecule has 4 rings (SSSR count). The first-order chi connectivity index (χ1) is 13.7. The maximum absolute atomic E-state index is 6.12. The van der Waals surface area contributed by atoms with Crippen LogP contribution in [0.3, 0.4) is 0 Å². The number of nitrogens with zero attached hydrogens (tertiary/aromatic N) is 2. The minimum atomic E-state index is -0.172. The van der Waals surface area contributed by atoms with Crippen molar-refractivity contribution < 1.29 is 9.47 Å². The summed E-state index contributed by atoms with van der Waals surface area (Å²) < 4.78 is 14.3. The number of hydrogen-bond donors (Lipinski definition) is 0. The minimum Gasteiger partial charge on any atom is -0.492 e. The van der Waals surface area contributed by atoms with Crippen molar-refractivity contribution in [1.82, 2.24) is 9.55 Å². The molecule has 0 amide bonds. The smallest absolute Gasteiger partial charge is 0.153 e. The molecule has 4 heteroatoms. The van der Waals surface area contributed by atoms with Crippen molar-refractivity contribution in [2.75, 3.05) is 6.61 Å². The molecule has 0 aliphatic rings. The predicted molar refractivity (Wildman–Crippen MR) is 112 cm³/mol. The standard InChI is InChI=1S/C24H24N2O2/c1-18-12-14-20(15-13-18)27-17-16-26-23-11-7-6-10-22(23)25-24(26)19(2)28-21-8-4-3-5-9-21/h3-15,19H,16-17H2,1-2H3. The van der Waals surface area contributed by atoms with Crippen molar-refractivity contribution in [3.8, 4) is 11.5 Å². The maximum atomic E-state index is 6.12. The number of fused-ring (bicyclic) bond motifs is 1. The fourth-order valence-electron chi connectivity index (χ4n) is 3.28. The molecule has 1 atom stereocenters. The van der Waals surface area contributed by atoms with Gasteiger partial charge in [-0.2, -0.15) is 0 Å². The van der Waals surface area contributed by atoms with E-state index < -0.39 is 0 Å². The topological polar surface area (TPSA) is 36.3 Å². The lowest BCUT2D eigenvalue weighted by atomic mass is 10.2. The molecular formula is C24H24N2O2. The summed E-state index contributed by atoms with van der Waals surface area (Å²) in [6, 6.07) is 26.1. The van der Waals surface area contributed by atoms with E-state index in [0.717, 1.165) is 28.4 Å². The van der Waals surface area contributed by atoms with Crippen molar-refractivity contribution >= 4 is 11.0 Å². The first kappa shape index (κ1) is 18.1. The number of benzene rings is 3. The van der Waals surface area contributed by atoms with Crippen LogP contribution in [-0.2, 0) is 6.54 Å². The second kappa shape index (κ2) is 8.17. The molecule has 0 aliphatic heterocycles. The first-order valence-electron chi connectivity index (χ1n) is 9.57. The van der Waals surface area contributed by atoms with Crippen molar-refractivity contribution in [3.63, 3.8) is 0 Å². The molecule has 0 aliphatic carbocycles. The van der Waals surface area contributed by atoms with Crippen molar-refractivity contribution in [2.24, 2.45) is 0 Å². The molecule has 28 heavy (non-hydrogen) atoms. The molecule has 0 radical (unpaired) electrons. The summed E-state index contributed by atoms with van der Waals surface area (Å²) in [7, 11) is 0. The van der Waals surface area contributed by atoms with Gasteiger partial charge in [-0.25, -0.2) is 4.98 Å². The van der Waals surface area contributed by atoms with E-state index in [4.69, 9.17) is 14.5 Å². The molecule has 142 valence electrons. The van der Waals surface area contributed by atoms with E-state index in [1.807, 2.05) is 67.6 Å². The Morgan fingerprint density at radius 3 is 2.36 bits per heavy atom. The average Bonchev–Trinajstić information content (AvgIpc) is 3.09. The highest BCUT2D eigenvalue weighted by molar-refractivity contribution is 5.76. The van der Waals surface area contributed by atoms with E-state index in [0.29, 0.717) is 13.2 Å². The molecular weight excluding hydrogens is 348 g/mol. The summed E-state index contributed by atoms with van der Waals surface area (Å²) >= 11 is 0. The van der Waals surface area contributed by atoms with E-state index in [9.17, 15) is 0 Å². The van der Waals surface area contributed by atoms with Gasteiger partial charge in [0.15, 0.2) is 11.9 Å². The molecule has 0 fully saturated rings. The Balaban J connectivity index is 1.55. The number of para-hydroxylation sites is 3. The van der Waals surface area contributed by atoms with Gasteiger partial charge in [-0.05, 0) is 50.2 Å². The number of imidazole rings is 1. The van der Waals surface area contributed by atoms with Crippen LogP contribution in [0.15, 0.2) is 78.9 Å². The summed E-state index contributed by atoms with van der Waals surface area (Å²) in [6.45, 7) is 5.37. The van der Waals surface area contributed by atoms with Gasteiger partial charge in [-0.15, -0.1) is 0 Å². The zero-order chi connectivity index (χ0) is 19.3. The van der Waals surface area contributed by atoms with Crippen molar-refractivity contribution in [1.29, 1.82) is 0 Å². The van der Waals surface area contributed by atoms with Crippen LogP contribution in [0.4, 0.5) is 0 Å². The summed E-state index contributed by atoms with van der Waals surface area (Å²) in [5, 5.41) is 0. The zero-order valence-electron chi connectivity index (χ0n) is 16.2. The van der Waals surface area contributed by atoms with Gasteiger partial charge in [-0.3, -0.25) is 0 Å². The van der Waals surface area contributed by atoms with Gasteiger partial charge in [-0.1, -0.05) is 48.0 Å². The van der Waals surface area contributed by atoms with Gasteiger partial charge in [0, 0.05) is 0 Å². The Morgan fingerprint density at radius 2 is 1.57 bits per heavy atom. The molecule has 3 aromatic carbocycles. The van der Waals surface area contributed by atoms with Crippen LogP contribution in [0.5, 0.6) is 11.5 Å². The third kappa shape index (κ3) is 4.01. The second-order valence-electron chi connectivity index (χ2n) is 6.85. The van der Waals surface area contributed by atoms with Gasteiger partial charge >= 0.3 is 0 Å². The Bertz CT molecular complexity index is 1040. The van der Waals surface area contributed by atoms with E-state index in [-0.39, 0.29) is 6.10 Å². The maximum Gasteiger partial charge on any atom is 0.153 e. The van der Waals surface area contributed by atoms with E-state index in [1.54, 1.807) is 0 Å². The average molecular weight is 372 g/mol. The van der Waals surface area contributed by atoms with Crippen LogP contribution in [0, 0.1) is 6.92 Å². The molecule has 0 bridgehead atoms. The molecule has 0 saturated heterocycles. The van der Waals surface area contributed by atoms with Crippen LogP contribution in [0.2, 0.25) is 0 Å². The van der Waals surface area contributed by atoms with E-state index in [2.05, 4.69) is 29.7 Å². The Morgan fingerprint density at radius 1 is 0.857 bits per heavy atom. The van der Waals surface area contributed by atoms with Crippen molar-refractivity contribution in [3.05, 3.63) is 90.3 Å². The highest BCUT2D eigenvalue weighted by Crippen LogP contribution is 2.25. The van der Waals surface area contributed by atoms with Crippen LogP contribution in [-0.4, -0.2) is 16.2 Å². The lowest BCUT2D eigenvalue weighted by Crippen LogP contribution is -2.15. The van der Waals surface area contributed by atoms with Gasteiger partial charge in [0.25, 0.3) is 0 Å². The molecule has 1 aromatic heterocycles. The first-order valence-corrected chi connectivity index (χ1v) is 9.57. The Kier molecular flexibility index (Phi) is 5.29. The molecule has 1 unspecified atom stereocenters. The van der Waals surface area contributed by atoms with Gasteiger partial charge in [0.05, 0.1) is 17.6 Å². The summed E-state index contributed by atoms with van der Waals surface area (Å²) in [6.07, 6.45) is -0.172. The lowest BCUT2D eigenvalue weighted by Gasteiger charge is -2.17.